The molecular formula is C66H75N3O12. The van der Waals surface area contributed by atoms with Gasteiger partial charge in [-0.1, -0.05) is 91.0 Å². The minimum absolute atomic E-state index is 0.231. The summed E-state index contributed by atoms with van der Waals surface area (Å²) < 4.78 is 48.5. The van der Waals surface area contributed by atoms with Crippen molar-refractivity contribution in [2.45, 2.75) is 56.8 Å². The highest BCUT2D eigenvalue weighted by Crippen LogP contribution is 2.25. The van der Waals surface area contributed by atoms with Crippen LogP contribution in [-0.4, -0.2) is 109 Å². The van der Waals surface area contributed by atoms with Crippen LogP contribution < -0.4 is 28.4 Å². The minimum Gasteiger partial charge on any atom is -0.497 e. The second kappa shape index (κ2) is 33.6. The lowest BCUT2D eigenvalue weighted by molar-refractivity contribution is 0.0887. The van der Waals surface area contributed by atoms with Crippen LogP contribution in [0.25, 0.3) is 0 Å². The van der Waals surface area contributed by atoms with Gasteiger partial charge in [0.25, 0.3) is 0 Å². The molecule has 3 N–H and O–H groups in total. The van der Waals surface area contributed by atoms with E-state index < -0.39 is 18.3 Å². The average molecular weight is 1100 g/mol. The Kier molecular flexibility index (Phi) is 24.9. The van der Waals surface area contributed by atoms with Gasteiger partial charge in [0, 0.05) is 37.2 Å². The highest BCUT2D eigenvalue weighted by atomic mass is 16.5. The van der Waals surface area contributed by atoms with Crippen molar-refractivity contribution in [1.29, 1.82) is 0 Å². The normalized spacial score (nSPS) is 13.9. The Morgan fingerprint density at radius 3 is 0.889 bits per heavy atom. The largest absolute Gasteiger partial charge is 0.497 e. The van der Waals surface area contributed by atoms with E-state index in [1.54, 1.807) is 96.1 Å². The number of aliphatic hydroxyl groups is 3. The second-order valence-corrected chi connectivity index (χ2v) is 19.0. The summed E-state index contributed by atoms with van der Waals surface area (Å²) in [5.41, 5.74) is 7.02. The van der Waals surface area contributed by atoms with E-state index in [0.717, 1.165) is 89.7 Å². The van der Waals surface area contributed by atoms with Crippen molar-refractivity contribution in [3.63, 3.8) is 0 Å². The van der Waals surface area contributed by atoms with E-state index in [9.17, 15) is 15.3 Å². The third-order valence-corrected chi connectivity index (χ3v) is 12.9. The minimum atomic E-state index is -0.608. The first kappa shape index (κ1) is 59.9. The van der Waals surface area contributed by atoms with Crippen LogP contribution in [0.4, 0.5) is 0 Å². The van der Waals surface area contributed by atoms with Gasteiger partial charge in [0.1, 0.15) is 110 Å². The lowest BCUT2D eigenvalue weighted by Gasteiger charge is -2.21. The van der Waals surface area contributed by atoms with Gasteiger partial charge in [-0.25, -0.2) is 0 Å². The smallest absolute Gasteiger partial charge is 0.122 e. The number of rotatable bonds is 27. The number of aryl methyl sites for hydroxylation is 6. The Morgan fingerprint density at radius 1 is 0.346 bits per heavy atom. The molecule has 81 heavy (non-hydrogen) atoms. The number of aliphatic hydroxyl groups excluding tert-OH is 3. The fourth-order valence-electron chi connectivity index (χ4n) is 8.65. The number of hydrogen-bond donors (Lipinski definition) is 3. The molecule has 3 atom stereocenters. The molecule has 1 unspecified atom stereocenters. The molecule has 15 heteroatoms. The molecule has 0 bridgehead atoms. The standard InChI is InChI=1S/3C22H25NO4/c3*1-25-21-7-4-5-18(15-21)9-10-19-6-2-3-8-22(19)27-17-20(24)16-23-11-13-26-14-12-23/h3*2-8,11-15,20,24H,9-10,16-17H2,1H3/t2*20-;/m10./s1. The predicted octanol–water partition coefficient (Wildman–Crippen LogP) is 10.5. The van der Waals surface area contributed by atoms with E-state index >= 15 is 0 Å². The molecule has 3 aliphatic rings. The zero-order valence-corrected chi connectivity index (χ0v) is 46.4. The molecule has 0 aromatic heterocycles. The van der Waals surface area contributed by atoms with E-state index in [-0.39, 0.29) is 19.8 Å². The number of β-amino-alcohol motifs (C(OH)–C–C–N with tert-alkyl or cyclic N) is 3. The van der Waals surface area contributed by atoms with Crippen molar-refractivity contribution in [3.05, 3.63) is 254 Å². The molecular weight excluding hydrogens is 1030 g/mol. The second-order valence-electron chi connectivity index (χ2n) is 19.0. The molecule has 0 amide bonds. The first-order valence-corrected chi connectivity index (χ1v) is 27.0. The van der Waals surface area contributed by atoms with Crippen LogP contribution in [0.5, 0.6) is 34.5 Å². The Labute approximate surface area is 476 Å². The van der Waals surface area contributed by atoms with Crippen LogP contribution in [0.2, 0.25) is 0 Å². The first-order chi connectivity index (χ1) is 39.7. The monoisotopic (exact) mass is 1100 g/mol. The fraction of sp³-hybridized carbons (Fsp3) is 0.273. The first-order valence-electron chi connectivity index (χ1n) is 27.0. The van der Waals surface area contributed by atoms with Crippen molar-refractivity contribution in [2.24, 2.45) is 0 Å². The Bertz CT molecular complexity index is 2640. The molecule has 3 aliphatic heterocycles. The van der Waals surface area contributed by atoms with Crippen molar-refractivity contribution in [3.8, 4) is 34.5 Å². The van der Waals surface area contributed by atoms with E-state index in [0.29, 0.717) is 19.6 Å². The maximum Gasteiger partial charge on any atom is 0.122 e. The number of methoxy groups -OCH3 is 3. The summed E-state index contributed by atoms with van der Waals surface area (Å²) in [6, 6.07) is 48.2. The summed E-state index contributed by atoms with van der Waals surface area (Å²) in [4.78, 5) is 5.56. The van der Waals surface area contributed by atoms with E-state index in [1.165, 1.54) is 16.7 Å². The molecule has 0 saturated carbocycles. The van der Waals surface area contributed by atoms with E-state index in [1.807, 2.05) is 106 Å². The Morgan fingerprint density at radius 2 is 0.617 bits per heavy atom. The van der Waals surface area contributed by atoms with Crippen molar-refractivity contribution < 1.29 is 58.0 Å². The summed E-state index contributed by atoms with van der Waals surface area (Å²) in [6.07, 6.45) is 23.5. The lowest BCUT2D eigenvalue weighted by Crippen LogP contribution is -2.30. The van der Waals surface area contributed by atoms with Crippen LogP contribution >= 0.6 is 0 Å². The maximum absolute atomic E-state index is 10.2. The van der Waals surface area contributed by atoms with Gasteiger partial charge < -0.3 is 72.7 Å². The summed E-state index contributed by atoms with van der Waals surface area (Å²) in [5.74, 6) is 5.04. The van der Waals surface area contributed by atoms with Gasteiger partial charge in [-0.15, -0.1) is 0 Å². The zero-order valence-electron chi connectivity index (χ0n) is 46.4. The van der Waals surface area contributed by atoms with Crippen LogP contribution in [0.1, 0.15) is 33.4 Å². The fourth-order valence-corrected chi connectivity index (χ4v) is 8.65. The van der Waals surface area contributed by atoms with Gasteiger partial charge in [0.05, 0.1) is 41.0 Å². The van der Waals surface area contributed by atoms with Gasteiger partial charge in [-0.05, 0) is 127 Å². The van der Waals surface area contributed by atoms with Crippen LogP contribution in [-0.2, 0) is 52.7 Å². The average Bonchev–Trinajstić information content (AvgIpc) is 3.52. The highest BCUT2D eigenvalue weighted by molar-refractivity contribution is 5.38. The predicted molar refractivity (Wildman–Crippen MR) is 313 cm³/mol. The molecule has 6 aromatic rings. The number of nitrogens with zero attached hydrogens (tertiary/aromatic N) is 3. The molecule has 0 saturated heterocycles. The molecule has 15 nitrogen and oxygen atoms in total. The van der Waals surface area contributed by atoms with Gasteiger partial charge >= 0.3 is 0 Å². The summed E-state index contributed by atoms with van der Waals surface area (Å²) in [5, 5.41) is 30.7. The molecule has 9 rings (SSSR count). The van der Waals surface area contributed by atoms with Crippen molar-refractivity contribution in [1.82, 2.24) is 14.7 Å². The quantitative estimate of drug-likeness (QED) is 0.0448. The third-order valence-electron chi connectivity index (χ3n) is 12.9. The summed E-state index contributed by atoms with van der Waals surface area (Å²) >= 11 is 0. The number of hydrogen-bond acceptors (Lipinski definition) is 15. The van der Waals surface area contributed by atoms with Gasteiger partial charge in [0.15, 0.2) is 0 Å². The van der Waals surface area contributed by atoms with E-state index in [2.05, 4.69) is 54.6 Å². The Hall–Kier alpha value is -8.76. The van der Waals surface area contributed by atoms with Crippen molar-refractivity contribution >= 4 is 0 Å². The number of ether oxygens (including phenoxy) is 9. The van der Waals surface area contributed by atoms with Crippen LogP contribution in [0, 0.1) is 0 Å². The Balaban J connectivity index is 0.000000175. The zero-order chi connectivity index (χ0) is 56.7. The number of benzene rings is 6. The van der Waals surface area contributed by atoms with Crippen LogP contribution in [0.3, 0.4) is 0 Å². The molecule has 0 spiro atoms. The van der Waals surface area contributed by atoms with Gasteiger partial charge in [-0.3, -0.25) is 0 Å². The third kappa shape index (κ3) is 21.4. The van der Waals surface area contributed by atoms with E-state index in [4.69, 9.17) is 42.6 Å². The highest BCUT2D eigenvalue weighted by Gasteiger charge is 2.15. The lowest BCUT2D eigenvalue weighted by atomic mass is 10.0. The number of para-hydroxylation sites is 3. The topological polar surface area (TPSA) is 153 Å². The molecule has 426 valence electrons. The molecule has 0 aliphatic carbocycles. The van der Waals surface area contributed by atoms with Crippen molar-refractivity contribution in [2.75, 3.05) is 60.8 Å². The molecule has 0 radical (unpaired) electrons. The molecule has 0 fully saturated rings. The SMILES string of the molecule is COc1cccc(CCc2ccccc2OCC(O)CN2C=COC=C2)c1.COc1cccc(CCc2ccccc2OC[C@@H](O)CN2C=COC=C2)c1.COc1cccc(CCc2ccccc2OC[C@H](O)CN2C=COC=C2)c1. The van der Waals surface area contributed by atoms with Crippen LogP contribution in [0.15, 0.2) is 220 Å². The summed E-state index contributed by atoms with van der Waals surface area (Å²) in [6.45, 7) is 2.03. The molecule has 3 heterocycles. The molecule has 6 aromatic carbocycles. The van der Waals surface area contributed by atoms with Gasteiger partial charge in [-0.2, -0.15) is 0 Å². The summed E-state index contributed by atoms with van der Waals surface area (Å²) in [7, 11) is 5.03. The van der Waals surface area contributed by atoms with Gasteiger partial charge in [0.2, 0.25) is 0 Å². The maximum atomic E-state index is 10.2.